The number of hydrogen-bond donors (Lipinski definition) is 0. The first-order chi connectivity index (χ1) is 7.63. The Kier molecular flexibility index (Phi) is 2.87. The first-order valence-corrected chi connectivity index (χ1v) is 5.29. The van der Waals surface area contributed by atoms with Crippen molar-refractivity contribution in [3.05, 3.63) is 39.7 Å². The van der Waals surface area contributed by atoms with Crippen LogP contribution in [0.2, 0.25) is 0 Å². The van der Waals surface area contributed by atoms with Gasteiger partial charge in [-0.25, -0.2) is 4.39 Å². The van der Waals surface area contributed by atoms with Gasteiger partial charge in [-0.1, -0.05) is 5.16 Å². The van der Waals surface area contributed by atoms with E-state index >= 15 is 0 Å². The molecule has 1 aromatic carbocycles. The van der Waals surface area contributed by atoms with Gasteiger partial charge in [0.2, 0.25) is 0 Å². The molecule has 1 heterocycles. The zero-order valence-electron chi connectivity index (χ0n) is 8.33. The number of aromatic nitrogens is 1. The van der Waals surface area contributed by atoms with Gasteiger partial charge in [-0.05, 0) is 41.1 Å². The molecule has 0 aliphatic rings. The lowest BCUT2D eigenvalue weighted by Crippen LogP contribution is -1.86. The number of nitrogens with zero attached hydrogens (tertiary/aromatic N) is 1. The van der Waals surface area contributed by atoms with Crippen LogP contribution < -0.4 is 0 Å². The Bertz CT molecular complexity index is 551. The summed E-state index contributed by atoms with van der Waals surface area (Å²) in [6.45, 7) is 1.67. The Labute approximate surface area is 99.4 Å². The Hall–Kier alpha value is -1.49. The van der Waals surface area contributed by atoms with E-state index in [0.717, 1.165) is 0 Å². The van der Waals surface area contributed by atoms with E-state index in [9.17, 15) is 9.18 Å². The lowest BCUT2D eigenvalue weighted by molar-refractivity contribution is 0.112. The average molecular weight is 284 g/mol. The van der Waals surface area contributed by atoms with Crippen LogP contribution in [0.25, 0.3) is 11.3 Å². The van der Waals surface area contributed by atoms with Crippen molar-refractivity contribution < 1.29 is 13.7 Å². The van der Waals surface area contributed by atoms with Crippen LogP contribution in [0, 0.1) is 12.7 Å². The Balaban J connectivity index is 2.63. The highest BCUT2D eigenvalue weighted by atomic mass is 79.9. The van der Waals surface area contributed by atoms with Gasteiger partial charge in [-0.3, -0.25) is 4.79 Å². The SMILES string of the molecule is Cc1noc(-c2ccc(F)cc2Br)c1C=O. The van der Waals surface area contributed by atoms with Crippen LogP contribution >= 0.6 is 15.9 Å². The smallest absolute Gasteiger partial charge is 0.178 e. The van der Waals surface area contributed by atoms with Crippen molar-refractivity contribution in [2.24, 2.45) is 0 Å². The molecule has 3 nitrogen and oxygen atoms in total. The van der Waals surface area contributed by atoms with E-state index in [1.165, 1.54) is 18.2 Å². The molecule has 2 rings (SSSR count). The molecule has 0 fully saturated rings. The third kappa shape index (κ3) is 1.78. The second kappa shape index (κ2) is 4.17. The van der Waals surface area contributed by atoms with E-state index in [1.54, 1.807) is 6.92 Å². The number of aldehydes is 1. The van der Waals surface area contributed by atoms with Crippen molar-refractivity contribution in [3.63, 3.8) is 0 Å². The summed E-state index contributed by atoms with van der Waals surface area (Å²) < 4.78 is 18.5. The number of carbonyl (C=O) groups excluding carboxylic acids is 1. The topological polar surface area (TPSA) is 43.1 Å². The number of carbonyl (C=O) groups is 1. The van der Waals surface area contributed by atoms with Gasteiger partial charge in [0.15, 0.2) is 12.0 Å². The molecular formula is C11H7BrFNO2. The molecule has 0 bridgehead atoms. The van der Waals surface area contributed by atoms with Crippen LogP contribution in [-0.2, 0) is 0 Å². The molecule has 0 amide bonds. The molecule has 0 atom stereocenters. The molecular weight excluding hydrogens is 277 g/mol. The maximum Gasteiger partial charge on any atom is 0.178 e. The highest BCUT2D eigenvalue weighted by Gasteiger charge is 2.16. The van der Waals surface area contributed by atoms with Crippen LogP contribution in [0.5, 0.6) is 0 Å². The molecule has 0 spiro atoms. The molecule has 82 valence electrons. The van der Waals surface area contributed by atoms with Gasteiger partial charge in [0.25, 0.3) is 0 Å². The zero-order valence-corrected chi connectivity index (χ0v) is 9.92. The van der Waals surface area contributed by atoms with Crippen molar-refractivity contribution in [1.29, 1.82) is 0 Å². The summed E-state index contributed by atoms with van der Waals surface area (Å²) in [4.78, 5) is 10.9. The molecule has 0 N–H and O–H groups in total. The van der Waals surface area contributed by atoms with Crippen molar-refractivity contribution in [3.8, 4) is 11.3 Å². The first-order valence-electron chi connectivity index (χ1n) is 4.50. The molecule has 0 unspecified atom stereocenters. The van der Waals surface area contributed by atoms with Crippen molar-refractivity contribution >= 4 is 22.2 Å². The van der Waals surface area contributed by atoms with E-state index in [2.05, 4.69) is 21.1 Å². The third-order valence-electron chi connectivity index (χ3n) is 2.20. The molecule has 0 saturated carbocycles. The van der Waals surface area contributed by atoms with Crippen LogP contribution in [0.4, 0.5) is 4.39 Å². The van der Waals surface area contributed by atoms with Crippen LogP contribution in [-0.4, -0.2) is 11.4 Å². The normalized spacial score (nSPS) is 10.4. The predicted molar refractivity (Wildman–Crippen MR) is 59.7 cm³/mol. The lowest BCUT2D eigenvalue weighted by atomic mass is 10.1. The minimum absolute atomic E-state index is 0.347. The van der Waals surface area contributed by atoms with Crippen molar-refractivity contribution in [2.45, 2.75) is 6.92 Å². The zero-order chi connectivity index (χ0) is 11.7. The summed E-state index contributed by atoms with van der Waals surface area (Å²) in [5.41, 5.74) is 1.50. The van der Waals surface area contributed by atoms with Gasteiger partial charge in [-0.15, -0.1) is 0 Å². The summed E-state index contributed by atoms with van der Waals surface area (Å²) in [7, 11) is 0. The first kappa shape index (κ1) is 11.0. The summed E-state index contributed by atoms with van der Waals surface area (Å²) >= 11 is 3.21. The molecule has 0 aliphatic heterocycles. The summed E-state index contributed by atoms with van der Waals surface area (Å²) in [6.07, 6.45) is 0.678. The largest absolute Gasteiger partial charge is 0.355 e. The van der Waals surface area contributed by atoms with Crippen LogP contribution in [0.1, 0.15) is 16.1 Å². The summed E-state index contributed by atoms with van der Waals surface area (Å²) in [5.74, 6) is -0.0149. The fraction of sp³-hybridized carbons (Fsp3) is 0.0909. The average Bonchev–Trinajstić information content (AvgIpc) is 2.59. The van der Waals surface area contributed by atoms with Gasteiger partial charge < -0.3 is 4.52 Å². The Morgan fingerprint density at radius 3 is 2.88 bits per heavy atom. The summed E-state index contributed by atoms with van der Waals surface area (Å²) in [5, 5.41) is 3.71. The maximum atomic E-state index is 12.9. The van der Waals surface area contributed by atoms with Crippen LogP contribution in [0.3, 0.4) is 0 Å². The fourth-order valence-corrected chi connectivity index (χ4v) is 1.91. The van der Waals surface area contributed by atoms with E-state index in [1.807, 2.05) is 0 Å². The van der Waals surface area contributed by atoms with Gasteiger partial charge in [-0.2, -0.15) is 0 Å². The molecule has 2 aromatic rings. The van der Waals surface area contributed by atoms with Crippen LogP contribution in [0.15, 0.2) is 27.2 Å². The Morgan fingerprint density at radius 1 is 1.50 bits per heavy atom. The van der Waals surface area contributed by atoms with Gasteiger partial charge >= 0.3 is 0 Å². The van der Waals surface area contributed by atoms with Crippen molar-refractivity contribution in [2.75, 3.05) is 0 Å². The minimum atomic E-state index is -0.362. The van der Waals surface area contributed by atoms with Gasteiger partial charge in [0, 0.05) is 10.0 Å². The molecule has 1 aromatic heterocycles. The Morgan fingerprint density at radius 2 is 2.25 bits per heavy atom. The second-order valence-electron chi connectivity index (χ2n) is 3.25. The summed E-state index contributed by atoms with van der Waals surface area (Å²) in [6, 6.07) is 4.14. The molecule has 5 heteroatoms. The number of halogens is 2. The quantitative estimate of drug-likeness (QED) is 0.794. The highest BCUT2D eigenvalue weighted by molar-refractivity contribution is 9.10. The van der Waals surface area contributed by atoms with Crippen molar-refractivity contribution in [1.82, 2.24) is 5.16 Å². The molecule has 0 saturated heterocycles. The monoisotopic (exact) mass is 283 g/mol. The molecule has 16 heavy (non-hydrogen) atoms. The van der Waals surface area contributed by atoms with E-state index in [4.69, 9.17) is 4.52 Å². The third-order valence-corrected chi connectivity index (χ3v) is 2.86. The minimum Gasteiger partial charge on any atom is -0.355 e. The highest BCUT2D eigenvalue weighted by Crippen LogP contribution is 2.31. The lowest BCUT2D eigenvalue weighted by Gasteiger charge is -2.00. The number of benzene rings is 1. The second-order valence-corrected chi connectivity index (χ2v) is 4.11. The van der Waals surface area contributed by atoms with Gasteiger partial charge in [0.1, 0.15) is 5.82 Å². The predicted octanol–water partition coefficient (Wildman–Crippen LogP) is 3.36. The maximum absolute atomic E-state index is 12.9. The fourth-order valence-electron chi connectivity index (χ4n) is 1.38. The van der Waals surface area contributed by atoms with E-state index < -0.39 is 0 Å². The standard InChI is InChI=1S/C11H7BrFNO2/c1-6-9(5-15)11(16-14-6)8-3-2-7(13)4-10(8)12/h2-5H,1H3. The van der Waals surface area contributed by atoms with E-state index in [0.29, 0.717) is 33.3 Å². The number of hydrogen-bond acceptors (Lipinski definition) is 3. The van der Waals surface area contributed by atoms with E-state index in [-0.39, 0.29) is 5.82 Å². The number of rotatable bonds is 2. The molecule has 0 aliphatic carbocycles. The van der Waals surface area contributed by atoms with Gasteiger partial charge in [0.05, 0.1) is 11.3 Å². The molecule has 0 radical (unpaired) electrons. The number of aryl methyl sites for hydroxylation is 1.